The molecule has 3 rings (SSSR count). The van der Waals surface area contributed by atoms with Crippen molar-refractivity contribution in [2.45, 2.75) is 27.2 Å². The van der Waals surface area contributed by atoms with Gasteiger partial charge < -0.3 is 4.90 Å². The van der Waals surface area contributed by atoms with Crippen LogP contribution in [0.5, 0.6) is 0 Å². The lowest BCUT2D eigenvalue weighted by Crippen LogP contribution is -2.07. The predicted octanol–water partition coefficient (Wildman–Crippen LogP) is 3.81. The van der Waals surface area contributed by atoms with E-state index in [4.69, 9.17) is 0 Å². The molecule has 0 saturated heterocycles. The Balaban J connectivity index is 0.00000109. The number of fused-ring (bicyclic) bond motifs is 1. The van der Waals surface area contributed by atoms with Gasteiger partial charge in [-0.2, -0.15) is 5.10 Å². The van der Waals surface area contributed by atoms with Crippen molar-refractivity contribution in [2.24, 2.45) is 12.0 Å². The lowest BCUT2D eigenvalue weighted by Gasteiger charge is -2.08. The fourth-order valence-corrected chi connectivity index (χ4v) is 2.52. The fraction of sp³-hybridized carbons (Fsp3) is 0.368. The molecule has 2 heterocycles. The third-order valence-corrected chi connectivity index (χ3v) is 3.68. The topological polar surface area (TPSA) is 59.2 Å². The normalized spacial score (nSPS) is 13.4. The Morgan fingerprint density at radius 2 is 2.00 bits per heavy atom. The van der Waals surface area contributed by atoms with Crippen molar-refractivity contribution in [3.05, 3.63) is 41.6 Å². The number of allylic oxidation sites excluding steroid dienone is 3. The van der Waals surface area contributed by atoms with Crippen molar-refractivity contribution < 1.29 is 0 Å². The molecule has 0 spiro atoms. The summed E-state index contributed by atoms with van der Waals surface area (Å²) in [4.78, 5) is 15.2. The number of hydrogen-bond donors (Lipinski definition) is 0. The Hall–Kier alpha value is -2.76. The molecule has 0 fully saturated rings. The molecule has 0 bridgehead atoms. The van der Waals surface area contributed by atoms with Crippen LogP contribution in [-0.2, 0) is 7.05 Å². The largest absolute Gasteiger partial charge is 0.369 e. The summed E-state index contributed by atoms with van der Waals surface area (Å²) in [5, 5.41) is 4.26. The van der Waals surface area contributed by atoms with Gasteiger partial charge in [-0.05, 0) is 30.6 Å². The number of aliphatic imine (C=N–C) groups is 1. The van der Waals surface area contributed by atoms with Crippen molar-refractivity contribution in [3.63, 3.8) is 0 Å². The first-order valence-electron chi connectivity index (χ1n) is 8.47. The highest BCUT2D eigenvalue weighted by atomic mass is 15.2. The quantitative estimate of drug-likeness (QED) is 0.631. The van der Waals surface area contributed by atoms with Gasteiger partial charge in [0.25, 0.3) is 0 Å². The SMILES string of the molecule is CC.CC1=CCC(c2cnn(C)c2)=Cc2ncnc(N=CN(C)C)c21. The summed E-state index contributed by atoms with van der Waals surface area (Å²) < 4.78 is 1.81. The molecule has 1 aliphatic carbocycles. The molecule has 2 aromatic rings. The van der Waals surface area contributed by atoms with Gasteiger partial charge >= 0.3 is 0 Å². The lowest BCUT2D eigenvalue weighted by atomic mass is 10.1. The van der Waals surface area contributed by atoms with Crippen LogP contribution in [0.4, 0.5) is 5.82 Å². The van der Waals surface area contributed by atoms with E-state index >= 15 is 0 Å². The van der Waals surface area contributed by atoms with Crippen molar-refractivity contribution in [1.29, 1.82) is 0 Å². The van der Waals surface area contributed by atoms with E-state index in [-0.39, 0.29) is 0 Å². The smallest absolute Gasteiger partial charge is 0.164 e. The van der Waals surface area contributed by atoms with Crippen LogP contribution in [0.15, 0.2) is 29.8 Å². The fourth-order valence-electron chi connectivity index (χ4n) is 2.52. The number of aromatic nitrogens is 4. The van der Waals surface area contributed by atoms with E-state index in [2.05, 4.69) is 39.1 Å². The zero-order chi connectivity index (χ0) is 18.4. The average Bonchev–Trinajstić information content (AvgIpc) is 2.96. The van der Waals surface area contributed by atoms with Gasteiger partial charge in [0.1, 0.15) is 6.33 Å². The van der Waals surface area contributed by atoms with E-state index in [1.807, 2.05) is 57.0 Å². The van der Waals surface area contributed by atoms with Crippen molar-refractivity contribution in [1.82, 2.24) is 24.6 Å². The maximum atomic E-state index is 4.48. The van der Waals surface area contributed by atoms with E-state index in [0.717, 1.165) is 28.8 Å². The standard InChI is InChI=1S/C17H20N6.C2H6/c1-12-5-6-13(14-8-21-23(4)9-14)7-15-16(12)17(19-10-18-15)20-11-22(2)3;1-2/h5,7-11H,6H2,1-4H3;1-2H3. The van der Waals surface area contributed by atoms with E-state index in [1.165, 1.54) is 5.57 Å². The number of aryl methyl sites for hydroxylation is 1. The molecule has 132 valence electrons. The summed E-state index contributed by atoms with van der Waals surface area (Å²) in [6, 6.07) is 0. The first kappa shape index (κ1) is 18.6. The highest BCUT2D eigenvalue weighted by molar-refractivity contribution is 5.90. The molecule has 0 unspecified atom stereocenters. The van der Waals surface area contributed by atoms with Gasteiger partial charge in [0.2, 0.25) is 0 Å². The summed E-state index contributed by atoms with van der Waals surface area (Å²) >= 11 is 0. The van der Waals surface area contributed by atoms with Crippen LogP contribution < -0.4 is 0 Å². The predicted molar refractivity (Wildman–Crippen MR) is 105 cm³/mol. The summed E-state index contributed by atoms with van der Waals surface area (Å²) in [7, 11) is 5.80. The van der Waals surface area contributed by atoms with E-state index in [0.29, 0.717) is 5.82 Å². The summed E-state index contributed by atoms with van der Waals surface area (Å²) in [5.74, 6) is 0.695. The minimum Gasteiger partial charge on any atom is -0.369 e. The molecule has 0 saturated carbocycles. The molecule has 0 aromatic carbocycles. The first-order valence-corrected chi connectivity index (χ1v) is 8.47. The Kier molecular flexibility index (Phi) is 6.22. The maximum absolute atomic E-state index is 4.48. The van der Waals surface area contributed by atoms with Gasteiger partial charge in [-0.15, -0.1) is 0 Å². The second-order valence-electron chi connectivity index (χ2n) is 5.83. The lowest BCUT2D eigenvalue weighted by molar-refractivity contribution is 0.643. The molecule has 2 aromatic heterocycles. The van der Waals surface area contributed by atoms with Crippen molar-refractivity contribution in [2.75, 3.05) is 14.1 Å². The monoisotopic (exact) mass is 338 g/mol. The highest BCUT2D eigenvalue weighted by Gasteiger charge is 2.16. The van der Waals surface area contributed by atoms with Crippen molar-refractivity contribution >= 4 is 29.4 Å². The molecule has 0 atom stereocenters. The Morgan fingerprint density at radius 1 is 1.24 bits per heavy atom. The number of rotatable bonds is 3. The second kappa shape index (κ2) is 8.37. The zero-order valence-corrected chi connectivity index (χ0v) is 15.9. The molecule has 0 N–H and O–H groups in total. The molecule has 0 aliphatic heterocycles. The number of hydrogen-bond acceptors (Lipinski definition) is 4. The van der Waals surface area contributed by atoms with Gasteiger partial charge in [0.05, 0.1) is 18.2 Å². The van der Waals surface area contributed by atoms with Gasteiger partial charge in [-0.3, -0.25) is 4.68 Å². The van der Waals surface area contributed by atoms with Gasteiger partial charge in [0.15, 0.2) is 5.82 Å². The highest BCUT2D eigenvalue weighted by Crippen LogP contribution is 2.34. The van der Waals surface area contributed by atoms with E-state index in [9.17, 15) is 0 Å². The van der Waals surface area contributed by atoms with Gasteiger partial charge in [-0.25, -0.2) is 15.0 Å². The minimum atomic E-state index is 0.695. The summed E-state index contributed by atoms with van der Waals surface area (Å²) in [5.41, 5.74) is 5.33. The molecular weight excluding hydrogens is 312 g/mol. The van der Waals surface area contributed by atoms with Crippen LogP contribution in [0.2, 0.25) is 0 Å². The third kappa shape index (κ3) is 4.41. The third-order valence-electron chi connectivity index (χ3n) is 3.68. The Bertz CT molecular complexity index is 811. The molecule has 0 radical (unpaired) electrons. The van der Waals surface area contributed by atoms with Crippen LogP contribution in [-0.4, -0.2) is 45.1 Å². The summed E-state index contributed by atoms with van der Waals surface area (Å²) in [6.45, 7) is 6.08. The molecule has 6 heteroatoms. The van der Waals surface area contributed by atoms with Gasteiger partial charge in [-0.1, -0.05) is 19.9 Å². The molecule has 0 amide bonds. The van der Waals surface area contributed by atoms with Crippen LogP contribution in [0, 0.1) is 0 Å². The zero-order valence-electron chi connectivity index (χ0n) is 15.9. The second-order valence-corrected chi connectivity index (χ2v) is 5.83. The molecular formula is C19H26N6. The van der Waals surface area contributed by atoms with Crippen LogP contribution in [0.1, 0.15) is 44.0 Å². The van der Waals surface area contributed by atoms with Crippen LogP contribution in [0.3, 0.4) is 0 Å². The van der Waals surface area contributed by atoms with Crippen LogP contribution in [0.25, 0.3) is 17.2 Å². The molecule has 1 aliphatic rings. The minimum absolute atomic E-state index is 0.695. The van der Waals surface area contributed by atoms with Crippen molar-refractivity contribution in [3.8, 4) is 0 Å². The van der Waals surface area contributed by atoms with E-state index < -0.39 is 0 Å². The number of nitrogens with zero attached hydrogens (tertiary/aromatic N) is 6. The summed E-state index contributed by atoms with van der Waals surface area (Å²) in [6.07, 6.45) is 12.4. The Labute approximate surface area is 149 Å². The van der Waals surface area contributed by atoms with Crippen LogP contribution >= 0.6 is 0 Å². The molecule has 6 nitrogen and oxygen atoms in total. The maximum Gasteiger partial charge on any atom is 0.164 e. The Morgan fingerprint density at radius 3 is 2.64 bits per heavy atom. The average molecular weight is 338 g/mol. The van der Waals surface area contributed by atoms with Gasteiger partial charge in [0, 0.05) is 38.5 Å². The van der Waals surface area contributed by atoms with E-state index in [1.54, 1.807) is 12.7 Å². The first-order chi connectivity index (χ1) is 12.0. The molecule has 25 heavy (non-hydrogen) atoms.